The minimum atomic E-state index is -0.639. The van der Waals surface area contributed by atoms with Gasteiger partial charge in [-0.05, 0) is 65.0 Å². The van der Waals surface area contributed by atoms with Crippen LogP contribution in [-0.4, -0.2) is 58.9 Å². The van der Waals surface area contributed by atoms with Crippen molar-refractivity contribution in [2.24, 2.45) is 0 Å². The maximum absolute atomic E-state index is 6.91. The molecule has 8 bridgehead atoms. The first-order chi connectivity index (χ1) is 16.7. The first kappa shape index (κ1) is 24.9. The Balaban J connectivity index is 1.49. The molecule has 0 amide bonds. The normalized spacial score (nSPS) is 58.6. The second kappa shape index (κ2) is 6.94. The van der Waals surface area contributed by atoms with Crippen molar-refractivity contribution in [3.05, 3.63) is 35.4 Å². The van der Waals surface area contributed by atoms with Crippen LogP contribution >= 0.6 is 18.5 Å². The van der Waals surface area contributed by atoms with Gasteiger partial charge in [0.25, 0.3) is 0 Å². The molecule has 0 radical (unpaired) electrons. The van der Waals surface area contributed by atoms with E-state index >= 15 is 0 Å². The Bertz CT molecular complexity index is 1010. The maximum atomic E-state index is 6.91. The maximum Gasteiger partial charge on any atom is 0.172 e. The molecule has 0 spiro atoms. The average molecular weight is 535 g/mol. The lowest BCUT2D eigenvalue weighted by Gasteiger charge is -2.74. The van der Waals surface area contributed by atoms with Crippen LogP contribution in [0.4, 0.5) is 0 Å². The third kappa shape index (κ3) is 2.58. The second-order valence-corrected chi connectivity index (χ2v) is 14.1. The van der Waals surface area contributed by atoms with Gasteiger partial charge in [-0.15, -0.1) is 18.5 Å². The molecule has 8 fully saturated rings. The molecule has 6 nitrogen and oxygen atoms in total. The van der Waals surface area contributed by atoms with Gasteiger partial charge in [-0.2, -0.15) is 0 Å². The van der Waals surface area contributed by atoms with E-state index in [4.69, 9.17) is 28.4 Å². The third-order valence-corrected chi connectivity index (χ3v) is 12.2. The van der Waals surface area contributed by atoms with E-state index in [1.54, 1.807) is 0 Å². The van der Waals surface area contributed by atoms with Gasteiger partial charge < -0.3 is 28.4 Å². The van der Waals surface area contributed by atoms with Crippen LogP contribution in [-0.2, 0) is 39.3 Å². The van der Waals surface area contributed by atoms with Gasteiger partial charge >= 0.3 is 0 Å². The highest BCUT2D eigenvalue weighted by Gasteiger charge is 2.78. The average Bonchev–Trinajstić information content (AvgIpc) is 2.70. The lowest BCUT2D eigenvalue weighted by Crippen LogP contribution is -2.83. The predicted octanol–water partition coefficient (Wildman–Crippen LogP) is 4.77. The van der Waals surface area contributed by atoms with Crippen molar-refractivity contribution >= 4 is 18.5 Å². The van der Waals surface area contributed by atoms with Crippen LogP contribution in [0.5, 0.6) is 0 Å². The molecular formula is C28H40O6P2. The summed E-state index contributed by atoms with van der Waals surface area (Å²) in [4.78, 5) is 0. The van der Waals surface area contributed by atoms with Crippen LogP contribution in [0.25, 0.3) is 0 Å². The highest BCUT2D eigenvalue weighted by molar-refractivity contribution is 7.16. The van der Waals surface area contributed by atoms with E-state index in [-0.39, 0.29) is 12.6 Å². The van der Waals surface area contributed by atoms with Crippen LogP contribution in [0.15, 0.2) is 24.3 Å². The Labute approximate surface area is 219 Å². The number of ether oxygens (including phenoxy) is 6. The zero-order valence-corrected chi connectivity index (χ0v) is 24.6. The smallest absolute Gasteiger partial charge is 0.172 e. The Hall–Kier alpha value is -0.160. The molecule has 1 aromatic rings. The quantitative estimate of drug-likeness (QED) is 0.519. The SMILES string of the molecule is CC12CC3(C)OC(CC(C)(O1)C3(CP)c1ccccc1C1(CP)C3(C)CC4(C)OC(CC1(C)O4)O3)O2. The van der Waals surface area contributed by atoms with Gasteiger partial charge in [0.15, 0.2) is 24.2 Å². The van der Waals surface area contributed by atoms with Crippen LogP contribution in [0, 0.1) is 0 Å². The fourth-order valence-electron chi connectivity index (χ4n) is 10.1. The van der Waals surface area contributed by atoms with Gasteiger partial charge in [0.05, 0.1) is 33.2 Å². The summed E-state index contributed by atoms with van der Waals surface area (Å²) in [5, 5.41) is 0. The Morgan fingerprint density at radius 3 is 1.33 bits per heavy atom. The van der Waals surface area contributed by atoms with Gasteiger partial charge in [-0.25, -0.2) is 0 Å². The lowest BCUT2D eigenvalue weighted by molar-refractivity contribution is -0.501. The van der Waals surface area contributed by atoms with Crippen LogP contribution in [0.1, 0.15) is 78.4 Å². The standard InChI is InChI=1S/C28H40O6P2/c1-21-11-19-29-23(3,13-25(5,31-19)33-21)27(21,15-35)17-9-7-8-10-18(17)28(16-36)22(2)12-20-30-24(28,4)14-26(6,32-20)34-22/h7-10,19-20H,11-16,35-36H2,1-6H3. The molecule has 8 aliphatic rings. The molecule has 12 unspecified atom stereocenters. The Morgan fingerprint density at radius 2 is 1.03 bits per heavy atom. The Morgan fingerprint density at radius 1 is 0.639 bits per heavy atom. The monoisotopic (exact) mass is 534 g/mol. The molecule has 1 aromatic carbocycles. The molecule has 8 saturated heterocycles. The van der Waals surface area contributed by atoms with Gasteiger partial charge in [-0.1, -0.05) is 24.3 Å². The van der Waals surface area contributed by atoms with Crippen molar-refractivity contribution in [2.75, 3.05) is 12.3 Å². The number of rotatable bonds is 4. The zero-order chi connectivity index (χ0) is 25.6. The summed E-state index contributed by atoms with van der Waals surface area (Å²) in [5.74, 6) is -1.28. The molecule has 198 valence electrons. The van der Waals surface area contributed by atoms with Crippen LogP contribution in [0.2, 0.25) is 0 Å². The summed E-state index contributed by atoms with van der Waals surface area (Å²) in [5.41, 5.74) is -0.0848. The first-order valence-electron chi connectivity index (χ1n) is 13.4. The molecule has 36 heavy (non-hydrogen) atoms. The lowest BCUT2D eigenvalue weighted by atomic mass is 9.47. The summed E-state index contributed by atoms with van der Waals surface area (Å²) in [6.45, 7) is 13.2. The second-order valence-electron chi connectivity index (χ2n) is 13.3. The number of hydrogen-bond donors (Lipinski definition) is 0. The molecule has 0 N–H and O–H groups in total. The van der Waals surface area contributed by atoms with E-state index in [2.05, 4.69) is 84.3 Å². The minimum absolute atomic E-state index is 0.250. The van der Waals surface area contributed by atoms with Crippen LogP contribution < -0.4 is 0 Å². The molecular weight excluding hydrogens is 494 g/mol. The van der Waals surface area contributed by atoms with Gasteiger partial charge in [0, 0.05) is 25.7 Å². The van der Waals surface area contributed by atoms with Crippen molar-refractivity contribution < 1.29 is 28.4 Å². The molecule has 8 aliphatic heterocycles. The van der Waals surface area contributed by atoms with Crippen LogP contribution in [0.3, 0.4) is 0 Å². The summed E-state index contributed by atoms with van der Waals surface area (Å²) >= 11 is 0. The molecule has 12 atom stereocenters. The molecule has 0 aromatic heterocycles. The van der Waals surface area contributed by atoms with Crippen molar-refractivity contribution in [2.45, 2.75) is 125 Å². The number of benzene rings is 1. The molecule has 8 heterocycles. The predicted molar refractivity (Wildman–Crippen MR) is 142 cm³/mol. The van der Waals surface area contributed by atoms with E-state index < -0.39 is 44.8 Å². The fraction of sp³-hybridized carbons (Fsp3) is 0.786. The van der Waals surface area contributed by atoms with E-state index in [0.717, 1.165) is 12.3 Å². The topological polar surface area (TPSA) is 55.4 Å². The fourth-order valence-corrected chi connectivity index (χ4v) is 12.3. The van der Waals surface area contributed by atoms with E-state index in [1.165, 1.54) is 11.1 Å². The Kier molecular flexibility index (Phi) is 4.79. The zero-order valence-electron chi connectivity index (χ0n) is 22.3. The van der Waals surface area contributed by atoms with Gasteiger partial charge in [0.1, 0.15) is 0 Å². The van der Waals surface area contributed by atoms with Crippen molar-refractivity contribution in [3.63, 3.8) is 0 Å². The van der Waals surface area contributed by atoms with E-state index in [1.807, 2.05) is 0 Å². The van der Waals surface area contributed by atoms with Crippen molar-refractivity contribution in [1.29, 1.82) is 0 Å². The van der Waals surface area contributed by atoms with Crippen molar-refractivity contribution in [3.8, 4) is 0 Å². The van der Waals surface area contributed by atoms with E-state index in [0.29, 0.717) is 25.7 Å². The highest BCUT2D eigenvalue weighted by atomic mass is 31.0. The number of hydrogen-bond acceptors (Lipinski definition) is 6. The van der Waals surface area contributed by atoms with E-state index in [9.17, 15) is 0 Å². The molecule has 0 saturated carbocycles. The minimum Gasteiger partial charge on any atom is -0.345 e. The molecule has 0 aliphatic carbocycles. The van der Waals surface area contributed by atoms with Gasteiger partial charge in [-0.3, -0.25) is 0 Å². The summed E-state index contributed by atoms with van der Waals surface area (Å²) in [6.07, 6.45) is 3.88. The highest BCUT2D eigenvalue weighted by Crippen LogP contribution is 2.70. The summed E-state index contributed by atoms with van der Waals surface area (Å²) in [6, 6.07) is 8.96. The van der Waals surface area contributed by atoms with Gasteiger partial charge in [0.2, 0.25) is 0 Å². The summed E-state index contributed by atoms with van der Waals surface area (Å²) < 4.78 is 39.8. The van der Waals surface area contributed by atoms with Crippen molar-refractivity contribution in [1.82, 2.24) is 0 Å². The third-order valence-electron chi connectivity index (χ3n) is 10.9. The molecule has 8 heteroatoms. The molecule has 9 rings (SSSR count). The first-order valence-corrected chi connectivity index (χ1v) is 15.0. The summed E-state index contributed by atoms with van der Waals surface area (Å²) in [7, 11) is 6.11. The largest absolute Gasteiger partial charge is 0.345 e.